The molecule has 4 atom stereocenters. The highest BCUT2D eigenvalue weighted by Crippen LogP contribution is 2.46. The van der Waals surface area contributed by atoms with Crippen molar-refractivity contribution in [2.45, 2.75) is 56.7 Å². The molecule has 176 valence electrons. The summed E-state index contributed by atoms with van der Waals surface area (Å²) in [6.07, 6.45) is 8.26. The van der Waals surface area contributed by atoms with Crippen LogP contribution in [0.5, 0.6) is 0 Å². The number of halogens is 1. The zero-order valence-electron chi connectivity index (χ0n) is 18.8. The summed E-state index contributed by atoms with van der Waals surface area (Å²) in [5.74, 6) is 2.65. The van der Waals surface area contributed by atoms with Crippen LogP contribution in [0.2, 0.25) is 0 Å². The smallest absolute Gasteiger partial charge is 0.227 e. The second-order valence-electron chi connectivity index (χ2n) is 10.4. The van der Waals surface area contributed by atoms with Crippen LogP contribution in [0.3, 0.4) is 0 Å². The van der Waals surface area contributed by atoms with Crippen molar-refractivity contribution in [2.24, 2.45) is 23.7 Å². The van der Waals surface area contributed by atoms with E-state index in [0.29, 0.717) is 48.6 Å². The summed E-state index contributed by atoms with van der Waals surface area (Å²) in [5.41, 5.74) is 0.604. The summed E-state index contributed by atoms with van der Waals surface area (Å²) in [6, 6.07) is 7.16. The third-order valence-electron chi connectivity index (χ3n) is 8.46. The van der Waals surface area contributed by atoms with Crippen molar-refractivity contribution >= 4 is 38.6 Å². The highest BCUT2D eigenvalue weighted by Gasteiger charge is 2.52. The number of nitrogens with zero attached hydrogens (tertiary/aromatic N) is 4. The van der Waals surface area contributed by atoms with Gasteiger partial charge in [0.15, 0.2) is 5.58 Å². The predicted octanol–water partition coefficient (Wildman–Crippen LogP) is 3.78. The average molecular weight is 523 g/mol. The topological polar surface area (TPSA) is 118 Å². The summed E-state index contributed by atoms with van der Waals surface area (Å²) in [4.78, 5) is 19.4. The van der Waals surface area contributed by atoms with Gasteiger partial charge in [0, 0.05) is 42.7 Å². The number of rotatable bonds is 4. The van der Waals surface area contributed by atoms with E-state index in [1.54, 1.807) is 12.3 Å². The van der Waals surface area contributed by atoms with Crippen LogP contribution in [-0.4, -0.2) is 47.0 Å². The molecule has 0 spiro atoms. The molecule has 4 fully saturated rings. The van der Waals surface area contributed by atoms with Gasteiger partial charge < -0.3 is 20.0 Å². The molecule has 8 nitrogen and oxygen atoms in total. The van der Waals surface area contributed by atoms with Gasteiger partial charge in [0.05, 0.1) is 28.6 Å². The summed E-state index contributed by atoms with van der Waals surface area (Å²) in [7, 11) is 0. The number of amides is 1. The van der Waals surface area contributed by atoms with Gasteiger partial charge in [-0.25, -0.2) is 4.98 Å². The van der Waals surface area contributed by atoms with Crippen molar-refractivity contribution < 1.29 is 9.21 Å². The van der Waals surface area contributed by atoms with Gasteiger partial charge in [-0.3, -0.25) is 4.79 Å². The molecule has 34 heavy (non-hydrogen) atoms. The van der Waals surface area contributed by atoms with Crippen LogP contribution in [0.25, 0.3) is 11.0 Å². The Bertz CT molecular complexity index is 1200. The second kappa shape index (κ2) is 8.55. The molecule has 3 aliphatic heterocycles. The first-order chi connectivity index (χ1) is 16.5. The fourth-order valence-electron chi connectivity index (χ4n) is 6.71. The molecule has 2 N–H and O–H groups in total. The highest BCUT2D eigenvalue weighted by molar-refractivity contribution is 9.10. The molecule has 4 unspecified atom stereocenters. The molecule has 5 heterocycles. The molecule has 1 aliphatic carbocycles. The van der Waals surface area contributed by atoms with E-state index < -0.39 is 0 Å². The quantitative estimate of drug-likeness (QED) is 0.626. The minimum Gasteiger partial charge on any atom is -0.444 e. The van der Waals surface area contributed by atoms with E-state index in [4.69, 9.17) is 14.9 Å². The number of hydrogen-bond donors (Lipinski definition) is 2. The van der Waals surface area contributed by atoms with E-state index in [9.17, 15) is 4.79 Å². The summed E-state index contributed by atoms with van der Waals surface area (Å²) >= 11 is 3.63. The van der Waals surface area contributed by atoms with E-state index in [1.165, 1.54) is 6.42 Å². The number of hydrogen-bond acceptors (Lipinski definition) is 7. The fraction of sp³-hybridized carbons (Fsp3) is 0.600. The molecule has 2 bridgehead atoms. The molecular weight excluding hydrogens is 496 g/mol. The molecule has 2 aromatic rings. The van der Waals surface area contributed by atoms with Crippen LogP contribution >= 0.6 is 15.9 Å². The molecule has 1 saturated carbocycles. The number of carbonyl (C=O) groups is 1. The Morgan fingerprint density at radius 3 is 2.74 bits per heavy atom. The SMILES string of the molecule is N#Cc1cc2c(Br)c(NC3CCC(C4CC5CC(C(=O)N6CC(C#N)C6)C4N5)CC3)ncc2o1. The number of aromatic nitrogens is 1. The molecule has 0 radical (unpaired) electrons. The lowest BCUT2D eigenvalue weighted by atomic mass is 9.69. The van der Waals surface area contributed by atoms with Gasteiger partial charge in [0.25, 0.3) is 0 Å². The Kier molecular flexibility index (Phi) is 5.50. The van der Waals surface area contributed by atoms with Gasteiger partial charge in [-0.05, 0) is 66.3 Å². The maximum absolute atomic E-state index is 13.0. The molecule has 6 rings (SSSR count). The number of fused-ring (bicyclic) bond motifs is 3. The Hall–Kier alpha value is -2.62. The van der Waals surface area contributed by atoms with Crippen molar-refractivity contribution in [2.75, 3.05) is 18.4 Å². The van der Waals surface area contributed by atoms with Crippen LogP contribution in [0.4, 0.5) is 5.82 Å². The number of nitriles is 2. The van der Waals surface area contributed by atoms with Crippen LogP contribution in [0, 0.1) is 46.3 Å². The van der Waals surface area contributed by atoms with Crippen molar-refractivity contribution in [3.63, 3.8) is 0 Å². The number of carbonyl (C=O) groups excluding carboxylic acids is 1. The van der Waals surface area contributed by atoms with Crippen LogP contribution < -0.4 is 10.6 Å². The third-order valence-corrected chi connectivity index (χ3v) is 9.26. The molecule has 4 aliphatic rings. The van der Waals surface area contributed by atoms with E-state index in [0.717, 1.165) is 47.8 Å². The normalized spacial score (nSPS) is 32.9. The van der Waals surface area contributed by atoms with Crippen LogP contribution in [0.15, 0.2) is 21.2 Å². The molecule has 3 saturated heterocycles. The standard InChI is InChI=1S/C25H27BrN6O2/c26-22-19-7-17(9-28)34-21(19)10-29-24(22)31-15-3-1-14(2-4-15)18-5-16-6-20(23(18)30-16)25(33)32-11-13(8-27)12-32/h7,10,13-16,18,20,23,30H,1-6,11-12H2,(H,29,31). The van der Waals surface area contributed by atoms with Gasteiger partial charge >= 0.3 is 0 Å². The molecule has 0 aromatic carbocycles. The highest BCUT2D eigenvalue weighted by atomic mass is 79.9. The largest absolute Gasteiger partial charge is 0.444 e. The second-order valence-corrected chi connectivity index (χ2v) is 11.2. The fourth-order valence-corrected chi connectivity index (χ4v) is 7.23. The van der Waals surface area contributed by atoms with Crippen molar-refractivity contribution in [3.8, 4) is 12.1 Å². The minimum atomic E-state index is 0.0196. The van der Waals surface area contributed by atoms with Gasteiger partial charge in [-0.1, -0.05) is 0 Å². The van der Waals surface area contributed by atoms with Gasteiger partial charge in [-0.2, -0.15) is 10.5 Å². The Morgan fingerprint density at radius 2 is 2.03 bits per heavy atom. The lowest BCUT2D eigenvalue weighted by Gasteiger charge is -2.41. The van der Waals surface area contributed by atoms with Crippen molar-refractivity contribution in [1.29, 1.82) is 10.5 Å². The van der Waals surface area contributed by atoms with Crippen molar-refractivity contribution in [3.05, 3.63) is 22.5 Å². The molecule has 9 heteroatoms. The number of likely N-dealkylation sites (tertiary alicyclic amines) is 1. The number of nitrogens with one attached hydrogen (secondary N) is 2. The maximum atomic E-state index is 13.0. The van der Waals surface area contributed by atoms with E-state index in [-0.39, 0.29) is 23.5 Å². The number of anilines is 1. The first kappa shape index (κ1) is 21.9. The Balaban J connectivity index is 1.06. The van der Waals surface area contributed by atoms with E-state index in [1.807, 2.05) is 11.0 Å². The lowest BCUT2D eigenvalue weighted by molar-refractivity contribution is -0.142. The monoisotopic (exact) mass is 522 g/mol. The van der Waals surface area contributed by atoms with E-state index >= 15 is 0 Å². The molecule has 2 aromatic heterocycles. The Labute approximate surface area is 206 Å². The van der Waals surface area contributed by atoms with Gasteiger partial charge in [-0.15, -0.1) is 0 Å². The third kappa shape index (κ3) is 3.66. The Morgan fingerprint density at radius 1 is 1.24 bits per heavy atom. The molecule has 1 amide bonds. The zero-order chi connectivity index (χ0) is 23.4. The first-order valence-electron chi connectivity index (χ1n) is 12.2. The number of furan rings is 1. The maximum Gasteiger partial charge on any atom is 0.227 e. The summed E-state index contributed by atoms with van der Waals surface area (Å²) in [5, 5.41) is 26.3. The van der Waals surface area contributed by atoms with Crippen LogP contribution in [-0.2, 0) is 4.79 Å². The van der Waals surface area contributed by atoms with Gasteiger partial charge in [0.1, 0.15) is 11.9 Å². The summed E-state index contributed by atoms with van der Waals surface area (Å²) in [6.45, 7) is 1.22. The van der Waals surface area contributed by atoms with E-state index in [2.05, 4.69) is 37.6 Å². The van der Waals surface area contributed by atoms with Gasteiger partial charge in [0.2, 0.25) is 11.7 Å². The summed E-state index contributed by atoms with van der Waals surface area (Å²) < 4.78 is 6.31. The first-order valence-corrected chi connectivity index (χ1v) is 13.0. The number of pyridine rings is 1. The van der Waals surface area contributed by atoms with Crippen molar-refractivity contribution in [1.82, 2.24) is 15.2 Å². The lowest BCUT2D eigenvalue weighted by Crippen LogP contribution is -2.54. The minimum absolute atomic E-state index is 0.0196. The predicted molar refractivity (Wildman–Crippen MR) is 128 cm³/mol. The van der Waals surface area contributed by atoms with Crippen LogP contribution in [0.1, 0.15) is 44.3 Å². The average Bonchev–Trinajstić information content (AvgIpc) is 3.55. The zero-order valence-corrected chi connectivity index (χ0v) is 20.4. The molecular formula is C25H27BrN6O2.